The van der Waals surface area contributed by atoms with E-state index < -0.39 is 21.3 Å². The summed E-state index contributed by atoms with van der Waals surface area (Å²) in [4.78, 5) is 29.8. The molecule has 1 unspecified atom stereocenters. The first kappa shape index (κ1) is 20.1. The predicted molar refractivity (Wildman–Crippen MR) is 110 cm³/mol. The van der Waals surface area contributed by atoms with Crippen LogP contribution in [0.5, 0.6) is 5.75 Å². The predicted octanol–water partition coefficient (Wildman–Crippen LogP) is 0.914. The number of carbonyl (C=O) groups is 1. The van der Waals surface area contributed by atoms with Crippen molar-refractivity contribution in [3.8, 4) is 5.75 Å². The van der Waals surface area contributed by atoms with Gasteiger partial charge in [-0.05, 0) is 38.5 Å². The van der Waals surface area contributed by atoms with Crippen LogP contribution in [0.4, 0.5) is 5.82 Å². The second kappa shape index (κ2) is 7.24. The number of phenolic OH excluding ortho intramolecular Hbond substituents is 1. The average Bonchev–Trinajstić information content (AvgIpc) is 3.20. The molecule has 2 N–H and O–H groups in total. The van der Waals surface area contributed by atoms with Crippen LogP contribution >= 0.6 is 0 Å². The van der Waals surface area contributed by atoms with Crippen LogP contribution in [0.3, 0.4) is 0 Å². The third kappa shape index (κ3) is 3.80. The number of aryl methyl sites for hydroxylation is 2. The molecule has 11 heteroatoms. The van der Waals surface area contributed by atoms with Crippen LogP contribution in [-0.4, -0.2) is 50.3 Å². The molecule has 30 heavy (non-hydrogen) atoms. The number of amides is 1. The lowest BCUT2D eigenvalue weighted by Crippen LogP contribution is -2.31. The van der Waals surface area contributed by atoms with Crippen molar-refractivity contribution in [3.63, 3.8) is 0 Å². The molecule has 0 radical (unpaired) electrons. The van der Waals surface area contributed by atoms with Crippen LogP contribution in [0.25, 0.3) is 10.9 Å². The Balaban J connectivity index is 1.60. The maximum Gasteiger partial charge on any atom is 0.261 e. The molecule has 3 heterocycles. The number of benzene rings is 1. The summed E-state index contributed by atoms with van der Waals surface area (Å²) in [5.41, 5.74) is 0.643. The van der Waals surface area contributed by atoms with E-state index in [1.807, 2.05) is 0 Å². The number of carbonyl (C=O) groups excluding carboxylic acids is 1. The maximum absolute atomic E-state index is 12.8. The number of phenols is 1. The molecular weight excluding hydrogens is 410 g/mol. The lowest BCUT2D eigenvalue weighted by atomic mass is 10.2. The van der Waals surface area contributed by atoms with Gasteiger partial charge in [-0.1, -0.05) is 0 Å². The Labute approximate surface area is 172 Å². The first-order valence-corrected chi connectivity index (χ1v) is 11.2. The standard InChI is InChI=1S/C19H21N5O5S/c1-11-7-17(24(22-11)13-5-6-30(28,29)10-13)21-18(26)9-23-12(2)20-16-4-3-14(25)8-15(16)19(23)27/h3-4,7-8,13,25H,5-6,9-10H2,1-2H3,(H,21,26). The Hall–Kier alpha value is -3.21. The summed E-state index contributed by atoms with van der Waals surface area (Å²) in [6.45, 7) is 3.10. The Bertz CT molecular complexity index is 1330. The third-order valence-electron chi connectivity index (χ3n) is 5.11. The lowest BCUT2D eigenvalue weighted by Gasteiger charge is -2.15. The molecule has 1 aliphatic heterocycles. The van der Waals surface area contributed by atoms with Gasteiger partial charge in [0, 0.05) is 6.07 Å². The van der Waals surface area contributed by atoms with E-state index in [4.69, 9.17) is 0 Å². The number of hydrogen-bond acceptors (Lipinski definition) is 7. The Morgan fingerprint density at radius 2 is 2.07 bits per heavy atom. The number of aromatic hydroxyl groups is 1. The molecule has 1 amide bonds. The fourth-order valence-electron chi connectivity index (χ4n) is 3.69. The van der Waals surface area contributed by atoms with Gasteiger partial charge in [-0.3, -0.25) is 14.2 Å². The van der Waals surface area contributed by atoms with Gasteiger partial charge in [0.15, 0.2) is 9.84 Å². The van der Waals surface area contributed by atoms with Crippen LogP contribution in [0.15, 0.2) is 29.1 Å². The van der Waals surface area contributed by atoms with Gasteiger partial charge < -0.3 is 10.4 Å². The highest BCUT2D eigenvalue weighted by atomic mass is 32.2. The highest BCUT2D eigenvalue weighted by Gasteiger charge is 2.31. The average molecular weight is 431 g/mol. The zero-order valence-corrected chi connectivity index (χ0v) is 17.3. The molecule has 4 rings (SSSR count). The first-order valence-electron chi connectivity index (χ1n) is 9.39. The fraction of sp³-hybridized carbons (Fsp3) is 0.368. The summed E-state index contributed by atoms with van der Waals surface area (Å²) in [6.07, 6.45) is 0.434. The minimum atomic E-state index is -3.11. The van der Waals surface area contributed by atoms with Crippen molar-refractivity contribution in [3.05, 3.63) is 46.1 Å². The highest BCUT2D eigenvalue weighted by Crippen LogP contribution is 2.27. The molecule has 2 aromatic heterocycles. The smallest absolute Gasteiger partial charge is 0.261 e. The molecule has 1 fully saturated rings. The van der Waals surface area contributed by atoms with E-state index in [9.17, 15) is 23.1 Å². The van der Waals surface area contributed by atoms with Crippen molar-refractivity contribution >= 4 is 32.5 Å². The molecule has 0 saturated carbocycles. The van der Waals surface area contributed by atoms with Gasteiger partial charge in [0.1, 0.15) is 23.9 Å². The highest BCUT2D eigenvalue weighted by molar-refractivity contribution is 7.91. The number of anilines is 1. The summed E-state index contributed by atoms with van der Waals surface area (Å²) >= 11 is 0. The number of fused-ring (bicyclic) bond motifs is 1. The maximum atomic E-state index is 12.8. The summed E-state index contributed by atoms with van der Waals surface area (Å²) in [5.74, 6) is 0.286. The van der Waals surface area contributed by atoms with Gasteiger partial charge in [-0.2, -0.15) is 5.10 Å². The SMILES string of the molecule is Cc1cc(NC(=O)Cn2c(C)nc3ccc(O)cc3c2=O)n(C2CCS(=O)(=O)C2)n1. The topological polar surface area (TPSA) is 136 Å². The van der Waals surface area contributed by atoms with E-state index in [0.717, 1.165) is 0 Å². The van der Waals surface area contributed by atoms with Crippen LogP contribution in [-0.2, 0) is 21.2 Å². The van der Waals surface area contributed by atoms with Gasteiger partial charge in [0.05, 0.1) is 34.1 Å². The normalized spacial score (nSPS) is 18.0. The van der Waals surface area contributed by atoms with Gasteiger partial charge in [0.25, 0.3) is 5.56 Å². The largest absolute Gasteiger partial charge is 0.508 e. The summed E-state index contributed by atoms with van der Waals surface area (Å²) in [5, 5.41) is 16.9. The molecule has 1 atom stereocenters. The first-order chi connectivity index (χ1) is 14.1. The summed E-state index contributed by atoms with van der Waals surface area (Å²) in [7, 11) is -3.11. The number of aromatic nitrogens is 4. The Morgan fingerprint density at radius 1 is 1.30 bits per heavy atom. The van der Waals surface area contributed by atoms with Crippen molar-refractivity contribution in [2.24, 2.45) is 0 Å². The summed E-state index contributed by atoms with van der Waals surface area (Å²) in [6, 6.07) is 5.62. The Morgan fingerprint density at radius 3 is 2.77 bits per heavy atom. The molecule has 0 bridgehead atoms. The van der Waals surface area contributed by atoms with Gasteiger partial charge in [0.2, 0.25) is 5.91 Å². The number of rotatable bonds is 4. The van der Waals surface area contributed by atoms with Crippen LogP contribution in [0.1, 0.15) is 24.0 Å². The van der Waals surface area contributed by atoms with E-state index in [2.05, 4.69) is 15.4 Å². The van der Waals surface area contributed by atoms with Crippen molar-refractivity contribution in [1.82, 2.24) is 19.3 Å². The molecule has 1 aromatic carbocycles. The van der Waals surface area contributed by atoms with Gasteiger partial charge >= 0.3 is 0 Å². The third-order valence-corrected chi connectivity index (χ3v) is 6.86. The lowest BCUT2D eigenvalue weighted by molar-refractivity contribution is -0.116. The number of nitrogens with one attached hydrogen (secondary N) is 1. The quantitative estimate of drug-likeness (QED) is 0.627. The van der Waals surface area contributed by atoms with Crippen molar-refractivity contribution < 1.29 is 18.3 Å². The van der Waals surface area contributed by atoms with Crippen LogP contribution in [0, 0.1) is 13.8 Å². The molecule has 0 spiro atoms. The number of sulfone groups is 1. The molecule has 1 saturated heterocycles. The molecule has 0 aliphatic carbocycles. The van der Waals surface area contributed by atoms with Crippen molar-refractivity contribution in [1.29, 1.82) is 0 Å². The number of nitrogens with zero attached hydrogens (tertiary/aromatic N) is 4. The van der Waals surface area contributed by atoms with Gasteiger partial charge in [-0.25, -0.2) is 18.1 Å². The summed E-state index contributed by atoms with van der Waals surface area (Å²) < 4.78 is 26.4. The van der Waals surface area contributed by atoms with Crippen molar-refractivity contribution in [2.45, 2.75) is 32.9 Å². The fourth-order valence-corrected chi connectivity index (χ4v) is 5.38. The second-order valence-corrected chi connectivity index (χ2v) is 9.70. The molecule has 158 valence electrons. The molecule has 10 nitrogen and oxygen atoms in total. The van der Waals surface area contributed by atoms with E-state index in [-0.39, 0.29) is 35.2 Å². The minimum absolute atomic E-state index is 0.0202. The number of hydrogen-bond donors (Lipinski definition) is 2. The van der Waals surface area contributed by atoms with Gasteiger partial charge in [-0.15, -0.1) is 0 Å². The monoisotopic (exact) mass is 431 g/mol. The van der Waals surface area contributed by atoms with Crippen molar-refractivity contribution in [2.75, 3.05) is 16.8 Å². The minimum Gasteiger partial charge on any atom is -0.508 e. The molecular formula is C19H21N5O5S. The second-order valence-electron chi connectivity index (χ2n) is 7.47. The molecule has 3 aromatic rings. The van der Waals surface area contributed by atoms with Crippen LogP contribution in [0.2, 0.25) is 0 Å². The van der Waals surface area contributed by atoms with E-state index in [1.54, 1.807) is 26.0 Å². The van der Waals surface area contributed by atoms with E-state index >= 15 is 0 Å². The zero-order valence-electron chi connectivity index (χ0n) is 16.5. The van der Waals surface area contributed by atoms with E-state index in [1.165, 1.54) is 21.4 Å². The van der Waals surface area contributed by atoms with E-state index in [0.29, 0.717) is 29.3 Å². The Kier molecular flexibility index (Phi) is 4.85. The zero-order chi connectivity index (χ0) is 21.6. The van der Waals surface area contributed by atoms with Crippen LogP contribution < -0.4 is 10.9 Å². The molecule has 1 aliphatic rings.